The number of hydrogen-bond acceptors (Lipinski definition) is 4. The molecule has 5 nitrogen and oxygen atoms in total. The van der Waals surface area contributed by atoms with Crippen molar-refractivity contribution >= 4 is 27.1 Å². The summed E-state index contributed by atoms with van der Waals surface area (Å²) in [6, 6.07) is 11.3. The fourth-order valence-corrected chi connectivity index (χ4v) is 2.62. The molecule has 103 valence electrons. The van der Waals surface area contributed by atoms with Gasteiger partial charge in [0.15, 0.2) is 9.84 Å². The van der Waals surface area contributed by atoms with Gasteiger partial charge in [-0.05, 0) is 35.9 Å². The smallest absolute Gasteiger partial charge is 0.258 e. The van der Waals surface area contributed by atoms with E-state index >= 15 is 0 Å². The van der Waals surface area contributed by atoms with Gasteiger partial charge in [0.2, 0.25) is 0 Å². The first kappa shape index (κ1) is 14.5. The molecule has 0 saturated carbocycles. The summed E-state index contributed by atoms with van der Waals surface area (Å²) in [6.07, 6.45) is 1.09. The van der Waals surface area contributed by atoms with Crippen molar-refractivity contribution in [2.24, 2.45) is 0 Å². The van der Waals surface area contributed by atoms with Crippen molar-refractivity contribution in [1.82, 2.24) is 0 Å². The molecule has 2 rings (SSSR count). The van der Waals surface area contributed by atoms with Gasteiger partial charge in [-0.1, -0.05) is 23.7 Å². The Morgan fingerprint density at radius 2 is 1.80 bits per heavy atom. The molecule has 7 heteroatoms. The molecule has 0 atom stereocenters. The number of benzene rings is 2. The molecule has 20 heavy (non-hydrogen) atoms. The first-order valence-corrected chi connectivity index (χ1v) is 7.72. The molecule has 0 heterocycles. The zero-order valence-electron chi connectivity index (χ0n) is 10.3. The van der Waals surface area contributed by atoms with Gasteiger partial charge in [0.05, 0.1) is 15.4 Å². The molecule has 0 N–H and O–H groups in total. The number of hydrogen-bond donors (Lipinski definition) is 0. The summed E-state index contributed by atoms with van der Waals surface area (Å²) in [6.45, 7) is 0. The maximum Gasteiger partial charge on any atom is 0.295 e. The molecule has 0 aromatic heterocycles. The molecule has 0 fully saturated rings. The molecule has 2 aromatic carbocycles. The lowest BCUT2D eigenvalue weighted by Gasteiger charge is -2.05. The Labute approximate surface area is 120 Å². The minimum atomic E-state index is -3.30. The predicted octanol–water partition coefficient (Wildman–Crippen LogP) is 3.12. The van der Waals surface area contributed by atoms with E-state index in [0.29, 0.717) is 11.1 Å². The third-order valence-electron chi connectivity index (χ3n) is 2.70. The van der Waals surface area contributed by atoms with E-state index in [1.165, 1.54) is 36.4 Å². The highest BCUT2D eigenvalue weighted by Gasteiger charge is 2.19. The molecule has 0 spiro atoms. The Bertz CT molecular complexity index is 769. The number of halogens is 1. The van der Waals surface area contributed by atoms with Gasteiger partial charge in [0, 0.05) is 6.26 Å². The van der Waals surface area contributed by atoms with Gasteiger partial charge in [-0.3, -0.25) is 10.1 Å². The van der Waals surface area contributed by atoms with Gasteiger partial charge in [0.25, 0.3) is 5.69 Å². The largest absolute Gasteiger partial charge is 0.295 e. The number of rotatable bonds is 3. The Kier molecular flexibility index (Phi) is 3.78. The lowest BCUT2D eigenvalue weighted by Crippen LogP contribution is -1.97. The van der Waals surface area contributed by atoms with E-state index in [9.17, 15) is 18.5 Å². The lowest BCUT2D eigenvalue weighted by atomic mass is 10.0. The molecule has 0 aliphatic heterocycles. The van der Waals surface area contributed by atoms with Crippen LogP contribution in [0.3, 0.4) is 0 Å². The number of nitrogens with zero attached hydrogens (tertiary/aromatic N) is 1. The van der Waals surface area contributed by atoms with Crippen LogP contribution in [0.5, 0.6) is 0 Å². The van der Waals surface area contributed by atoms with Crippen LogP contribution in [0.4, 0.5) is 5.69 Å². The minimum Gasteiger partial charge on any atom is -0.258 e. The van der Waals surface area contributed by atoms with Crippen molar-refractivity contribution in [3.8, 4) is 11.1 Å². The number of nitro benzene ring substituents is 1. The average molecular weight is 311 g/mol. The monoisotopic (exact) mass is 310 g/mol. The van der Waals surface area contributed by atoms with Crippen LogP contribution in [0.25, 0.3) is 11.1 Å². The molecule has 0 bridgehead atoms. The van der Waals surface area contributed by atoms with Crippen LogP contribution in [0, 0.1) is 16.2 Å². The van der Waals surface area contributed by atoms with E-state index in [-0.39, 0.29) is 15.6 Å². The molecule has 0 aliphatic rings. The summed E-state index contributed by atoms with van der Waals surface area (Å²) in [4.78, 5) is 10.6. The average Bonchev–Trinajstić information content (AvgIpc) is 2.37. The number of sulfone groups is 1. The van der Waals surface area contributed by atoms with Crippen LogP contribution < -0.4 is 0 Å². The first-order chi connectivity index (χ1) is 9.30. The van der Waals surface area contributed by atoms with Crippen molar-refractivity contribution in [1.29, 1.82) is 0 Å². The van der Waals surface area contributed by atoms with E-state index in [0.717, 1.165) is 6.26 Å². The second-order valence-electron chi connectivity index (χ2n) is 4.12. The fourth-order valence-electron chi connectivity index (χ4n) is 1.75. The fraction of sp³-hybridized carbons (Fsp3) is 0.0769. The zero-order valence-corrected chi connectivity index (χ0v) is 11.9. The van der Waals surface area contributed by atoms with Crippen LogP contribution in [-0.2, 0) is 9.84 Å². The molecule has 1 radical (unpaired) electrons. The second kappa shape index (κ2) is 5.22. The molecule has 2 aromatic rings. The zero-order chi connectivity index (χ0) is 14.9. The summed E-state index contributed by atoms with van der Waals surface area (Å²) in [5.74, 6) is 0. The standard InChI is InChI=1S/C13H9ClNO4S/c1-20(18,19)10-7-5-9(6-8-10)11-3-2-4-12(14)13(11)15(16)17/h3-8H,1H3. The topological polar surface area (TPSA) is 77.3 Å². The third-order valence-corrected chi connectivity index (χ3v) is 4.11. The minimum absolute atomic E-state index is 0.0142. The summed E-state index contributed by atoms with van der Waals surface area (Å²) >= 11 is 5.81. The Morgan fingerprint density at radius 1 is 1.20 bits per heavy atom. The Morgan fingerprint density at radius 3 is 2.30 bits per heavy atom. The molecule has 0 amide bonds. The molecule has 0 aliphatic carbocycles. The van der Waals surface area contributed by atoms with Gasteiger partial charge in [-0.2, -0.15) is 0 Å². The quantitative estimate of drug-likeness (QED) is 0.644. The highest BCUT2D eigenvalue weighted by Crippen LogP contribution is 2.35. The Hall–Kier alpha value is -1.92. The Balaban J connectivity index is 2.58. The maximum absolute atomic E-state index is 11.4. The van der Waals surface area contributed by atoms with Gasteiger partial charge >= 0.3 is 0 Å². The van der Waals surface area contributed by atoms with Crippen molar-refractivity contribution in [2.75, 3.05) is 6.26 Å². The van der Waals surface area contributed by atoms with Crippen LogP contribution >= 0.6 is 11.6 Å². The highest BCUT2D eigenvalue weighted by atomic mass is 35.5. The third kappa shape index (κ3) is 2.81. The van der Waals surface area contributed by atoms with Gasteiger partial charge in [-0.25, -0.2) is 8.42 Å². The molecule has 0 unspecified atom stereocenters. The van der Waals surface area contributed by atoms with Crippen LogP contribution in [0.1, 0.15) is 0 Å². The van der Waals surface area contributed by atoms with Crippen molar-refractivity contribution in [3.63, 3.8) is 0 Å². The SMILES string of the molecule is CS(=O)(=O)c1ccc(-c2c[c]cc(Cl)c2[N+](=O)[O-])cc1. The molecule has 0 saturated heterocycles. The van der Waals surface area contributed by atoms with Gasteiger partial charge < -0.3 is 0 Å². The molecular weight excluding hydrogens is 302 g/mol. The van der Waals surface area contributed by atoms with Gasteiger partial charge in [-0.15, -0.1) is 0 Å². The van der Waals surface area contributed by atoms with Crippen LogP contribution in [0.2, 0.25) is 5.02 Å². The summed E-state index contributed by atoms with van der Waals surface area (Å²) in [7, 11) is -3.30. The lowest BCUT2D eigenvalue weighted by molar-refractivity contribution is -0.384. The molecular formula is C13H9ClNO4S. The maximum atomic E-state index is 11.4. The first-order valence-electron chi connectivity index (χ1n) is 5.45. The van der Waals surface area contributed by atoms with E-state index in [2.05, 4.69) is 6.07 Å². The van der Waals surface area contributed by atoms with Crippen molar-refractivity contribution < 1.29 is 13.3 Å². The van der Waals surface area contributed by atoms with Crippen LogP contribution in [0.15, 0.2) is 41.3 Å². The number of nitro groups is 1. The predicted molar refractivity (Wildman–Crippen MR) is 75.5 cm³/mol. The second-order valence-corrected chi connectivity index (χ2v) is 6.54. The summed E-state index contributed by atoms with van der Waals surface area (Å²) in [5.41, 5.74) is 0.572. The van der Waals surface area contributed by atoms with Crippen LogP contribution in [-0.4, -0.2) is 19.6 Å². The van der Waals surface area contributed by atoms with E-state index < -0.39 is 14.8 Å². The summed E-state index contributed by atoms with van der Waals surface area (Å²) < 4.78 is 22.7. The van der Waals surface area contributed by atoms with Crippen molar-refractivity contribution in [3.05, 3.63) is 57.6 Å². The highest BCUT2D eigenvalue weighted by molar-refractivity contribution is 7.90. The van der Waals surface area contributed by atoms with Gasteiger partial charge in [0.1, 0.15) is 5.02 Å². The normalized spacial score (nSPS) is 11.3. The van der Waals surface area contributed by atoms with E-state index in [1.54, 1.807) is 0 Å². The van der Waals surface area contributed by atoms with E-state index in [1.807, 2.05) is 0 Å². The summed E-state index contributed by atoms with van der Waals surface area (Å²) in [5, 5.41) is 11.0. The van der Waals surface area contributed by atoms with E-state index in [4.69, 9.17) is 11.6 Å². The van der Waals surface area contributed by atoms with Crippen molar-refractivity contribution in [2.45, 2.75) is 4.90 Å².